The molecule has 2 aliphatic rings. The van der Waals surface area contributed by atoms with Crippen LogP contribution in [0, 0.1) is 11.7 Å². The zero-order valence-electron chi connectivity index (χ0n) is 18.2. The number of hydrogen-bond donors (Lipinski definition) is 2. The molecule has 5 rings (SSSR count). The van der Waals surface area contributed by atoms with Crippen molar-refractivity contribution in [1.82, 2.24) is 9.78 Å². The third-order valence-electron chi connectivity index (χ3n) is 8.00. The Kier molecular flexibility index (Phi) is 5.10. The molecule has 3 aromatic rings. The van der Waals surface area contributed by atoms with Crippen LogP contribution in [0.15, 0.2) is 42.6 Å². The molecule has 0 aliphatic heterocycles. The van der Waals surface area contributed by atoms with Gasteiger partial charge in [0.1, 0.15) is 5.82 Å². The minimum Gasteiger partial charge on any atom is -0.388 e. The van der Waals surface area contributed by atoms with E-state index in [1.165, 1.54) is 12.1 Å². The number of benzene rings is 2. The molecule has 2 N–H and O–H groups in total. The van der Waals surface area contributed by atoms with Crippen LogP contribution in [0.5, 0.6) is 0 Å². The summed E-state index contributed by atoms with van der Waals surface area (Å²) in [6, 6.07) is 9.75. The van der Waals surface area contributed by atoms with Gasteiger partial charge >= 0.3 is 6.18 Å². The van der Waals surface area contributed by atoms with Crippen LogP contribution in [0.4, 0.5) is 17.6 Å². The van der Waals surface area contributed by atoms with Gasteiger partial charge < -0.3 is 10.2 Å². The van der Waals surface area contributed by atoms with E-state index in [0.717, 1.165) is 16.5 Å². The molecule has 176 valence electrons. The smallest absolute Gasteiger partial charge is 0.388 e. The Morgan fingerprint density at radius 3 is 2.52 bits per heavy atom. The van der Waals surface area contributed by atoms with Crippen LogP contribution in [0.3, 0.4) is 0 Å². The lowest BCUT2D eigenvalue weighted by molar-refractivity contribution is -0.279. The summed E-state index contributed by atoms with van der Waals surface area (Å²) in [6.07, 6.45) is -3.00. The summed E-state index contributed by atoms with van der Waals surface area (Å²) in [5.74, 6) is -0.755. The van der Waals surface area contributed by atoms with Crippen molar-refractivity contribution in [2.45, 2.75) is 68.7 Å². The third kappa shape index (κ3) is 3.37. The maximum atomic E-state index is 13.7. The summed E-state index contributed by atoms with van der Waals surface area (Å²) in [5, 5.41) is 26.7. The van der Waals surface area contributed by atoms with Gasteiger partial charge in [-0.15, -0.1) is 0 Å². The number of nitrogens with zero attached hydrogens (tertiary/aromatic N) is 2. The lowest BCUT2D eigenvalue weighted by atomic mass is 9.56. The number of fused-ring (bicyclic) bond motifs is 4. The maximum absolute atomic E-state index is 13.7. The van der Waals surface area contributed by atoms with E-state index in [9.17, 15) is 27.8 Å². The van der Waals surface area contributed by atoms with E-state index in [4.69, 9.17) is 0 Å². The fourth-order valence-electron chi connectivity index (χ4n) is 6.08. The fraction of sp³-hybridized carbons (Fsp3) is 0.480. The molecule has 0 amide bonds. The van der Waals surface area contributed by atoms with Crippen LogP contribution < -0.4 is 0 Å². The molecule has 4 unspecified atom stereocenters. The number of rotatable bonds is 2. The molecule has 1 fully saturated rings. The van der Waals surface area contributed by atoms with Gasteiger partial charge in [-0.3, -0.25) is 0 Å². The second-order valence-electron chi connectivity index (χ2n) is 9.56. The molecule has 4 atom stereocenters. The number of aliphatic hydroxyl groups excluding tert-OH is 1. The Bertz CT molecular complexity index is 1190. The van der Waals surface area contributed by atoms with Crippen LogP contribution >= 0.6 is 0 Å². The Morgan fingerprint density at radius 1 is 1.12 bits per heavy atom. The first-order chi connectivity index (χ1) is 15.6. The normalized spacial score (nSPS) is 30.0. The van der Waals surface area contributed by atoms with E-state index in [1.807, 2.05) is 19.1 Å². The first kappa shape index (κ1) is 22.3. The highest BCUT2D eigenvalue weighted by Gasteiger charge is 2.60. The predicted octanol–water partition coefficient (Wildman–Crippen LogP) is 5.73. The zero-order valence-corrected chi connectivity index (χ0v) is 18.2. The molecular weight excluding hydrogens is 436 g/mol. The minimum atomic E-state index is -4.68. The molecule has 0 spiro atoms. The van der Waals surface area contributed by atoms with Crippen LogP contribution in [-0.4, -0.2) is 31.8 Å². The van der Waals surface area contributed by atoms with Gasteiger partial charge in [-0.1, -0.05) is 6.92 Å². The fourth-order valence-corrected chi connectivity index (χ4v) is 6.08. The van der Waals surface area contributed by atoms with Crippen molar-refractivity contribution >= 4 is 10.9 Å². The highest BCUT2D eigenvalue weighted by Crippen LogP contribution is 2.58. The third-order valence-corrected chi connectivity index (χ3v) is 8.00. The second kappa shape index (κ2) is 7.53. The second-order valence-corrected chi connectivity index (χ2v) is 9.56. The van der Waals surface area contributed by atoms with E-state index < -0.39 is 29.2 Å². The van der Waals surface area contributed by atoms with Crippen LogP contribution in [0.25, 0.3) is 16.6 Å². The van der Waals surface area contributed by atoms with Crippen molar-refractivity contribution in [3.8, 4) is 5.69 Å². The van der Waals surface area contributed by atoms with E-state index in [-0.39, 0.29) is 25.1 Å². The van der Waals surface area contributed by atoms with Crippen molar-refractivity contribution in [2.75, 3.05) is 0 Å². The first-order valence-electron chi connectivity index (χ1n) is 11.3. The van der Waals surface area contributed by atoms with Crippen LogP contribution in [-0.2, 0) is 5.41 Å². The number of aliphatic hydroxyl groups is 2. The van der Waals surface area contributed by atoms with E-state index in [2.05, 4.69) is 5.10 Å². The average molecular weight is 462 g/mol. The Balaban J connectivity index is 1.65. The van der Waals surface area contributed by atoms with Gasteiger partial charge in [0, 0.05) is 5.39 Å². The molecule has 0 saturated heterocycles. The Hall–Kier alpha value is -2.45. The first-order valence-corrected chi connectivity index (χ1v) is 11.3. The van der Waals surface area contributed by atoms with Gasteiger partial charge in [-0.2, -0.15) is 18.3 Å². The van der Waals surface area contributed by atoms with Crippen molar-refractivity contribution in [2.24, 2.45) is 5.92 Å². The number of hydrogen-bond acceptors (Lipinski definition) is 3. The summed E-state index contributed by atoms with van der Waals surface area (Å²) < 4.78 is 56.0. The number of aromatic nitrogens is 2. The van der Waals surface area contributed by atoms with Gasteiger partial charge in [0.25, 0.3) is 0 Å². The number of halogens is 4. The summed E-state index contributed by atoms with van der Waals surface area (Å²) in [5.41, 5.74) is -0.277. The molecule has 33 heavy (non-hydrogen) atoms. The van der Waals surface area contributed by atoms with Crippen molar-refractivity contribution in [3.63, 3.8) is 0 Å². The van der Waals surface area contributed by atoms with Gasteiger partial charge in [-0.05, 0) is 97.4 Å². The summed E-state index contributed by atoms with van der Waals surface area (Å²) in [4.78, 5) is 0. The van der Waals surface area contributed by atoms with Crippen molar-refractivity contribution < 1.29 is 27.8 Å². The molecule has 4 nitrogen and oxygen atoms in total. The predicted molar refractivity (Wildman–Crippen MR) is 116 cm³/mol. The highest BCUT2D eigenvalue weighted by molar-refractivity contribution is 5.83. The van der Waals surface area contributed by atoms with Gasteiger partial charge in [0.2, 0.25) is 0 Å². The SMILES string of the molecule is CCC12CCC(O)(C(F)(F)F)CC1CCC(O)c1cc3c(cnn3-c3ccc(F)cc3)cc12. The number of alkyl halides is 3. The van der Waals surface area contributed by atoms with Crippen molar-refractivity contribution in [3.05, 3.63) is 59.5 Å². The molecule has 2 aliphatic carbocycles. The zero-order chi connectivity index (χ0) is 23.6. The summed E-state index contributed by atoms with van der Waals surface area (Å²) in [6.45, 7) is 1.97. The molecule has 1 aromatic heterocycles. The Morgan fingerprint density at radius 2 is 1.85 bits per heavy atom. The maximum Gasteiger partial charge on any atom is 0.417 e. The Labute approximate surface area is 188 Å². The van der Waals surface area contributed by atoms with E-state index in [1.54, 1.807) is 23.0 Å². The molecule has 1 heterocycles. The van der Waals surface area contributed by atoms with Crippen LogP contribution in [0.1, 0.15) is 62.7 Å². The average Bonchev–Trinajstić information content (AvgIpc) is 3.15. The lowest BCUT2D eigenvalue weighted by Gasteiger charge is -2.50. The van der Waals surface area contributed by atoms with Gasteiger partial charge in [0.15, 0.2) is 5.60 Å². The molecule has 2 aromatic carbocycles. The summed E-state index contributed by atoms with van der Waals surface area (Å²) >= 11 is 0. The topological polar surface area (TPSA) is 58.3 Å². The lowest BCUT2D eigenvalue weighted by Crippen LogP contribution is -2.54. The molecule has 8 heteroatoms. The standard InChI is InChI=1S/C25H26F4N2O2/c1-2-23-9-10-24(33,25(27,28)29)13-16(23)3-8-22(32)19-12-21-15(11-20(19)23)14-30-31(21)18-6-4-17(26)5-7-18/h4-7,11-12,14,16,22,32-33H,2-3,8-10,13H2,1H3. The van der Waals surface area contributed by atoms with E-state index in [0.29, 0.717) is 30.5 Å². The molecule has 1 saturated carbocycles. The quantitative estimate of drug-likeness (QED) is 0.478. The summed E-state index contributed by atoms with van der Waals surface area (Å²) in [7, 11) is 0. The molecule has 0 radical (unpaired) electrons. The molecular formula is C25H26F4N2O2. The van der Waals surface area contributed by atoms with E-state index >= 15 is 0 Å². The monoisotopic (exact) mass is 462 g/mol. The molecule has 0 bridgehead atoms. The van der Waals surface area contributed by atoms with Gasteiger partial charge in [-0.25, -0.2) is 9.07 Å². The van der Waals surface area contributed by atoms with Gasteiger partial charge in [0.05, 0.1) is 23.5 Å². The minimum absolute atomic E-state index is 0.196. The largest absolute Gasteiger partial charge is 0.417 e. The van der Waals surface area contributed by atoms with Crippen molar-refractivity contribution in [1.29, 1.82) is 0 Å². The van der Waals surface area contributed by atoms with Crippen LogP contribution in [0.2, 0.25) is 0 Å². The highest BCUT2D eigenvalue weighted by atomic mass is 19.4.